The maximum atomic E-state index is 11.9. The highest BCUT2D eigenvalue weighted by molar-refractivity contribution is 9.09. The lowest BCUT2D eigenvalue weighted by Gasteiger charge is -2.09. The molecule has 1 aromatic heterocycles. The number of aryl methyl sites for hydroxylation is 2. The number of hydrogen-bond donors (Lipinski definition) is 0. The Bertz CT molecular complexity index is 652. The van der Waals surface area contributed by atoms with Crippen LogP contribution in [0.15, 0.2) is 23.0 Å². The number of fused-ring (bicyclic) bond motifs is 1. The fourth-order valence-electron chi connectivity index (χ4n) is 2.50. The van der Waals surface area contributed by atoms with Crippen LogP contribution in [0.5, 0.6) is 0 Å². The second-order valence-electron chi connectivity index (χ2n) is 5.30. The van der Waals surface area contributed by atoms with Crippen LogP contribution in [0.3, 0.4) is 0 Å². The van der Waals surface area contributed by atoms with Crippen molar-refractivity contribution < 1.29 is 0 Å². The number of hydrogen-bond acceptors (Lipinski definition) is 1. The van der Waals surface area contributed by atoms with Crippen LogP contribution in [0, 0.1) is 5.92 Å². The smallest absolute Gasteiger partial charge is 0.295 e. The van der Waals surface area contributed by atoms with Gasteiger partial charge in [-0.3, -0.25) is 9.13 Å². The number of nitrogens with zero attached hydrogens (tertiary/aromatic N) is 2. The summed E-state index contributed by atoms with van der Waals surface area (Å²) in [4.78, 5) is 12.3. The van der Waals surface area contributed by atoms with Crippen LogP contribution < -0.4 is 5.69 Å². The van der Waals surface area contributed by atoms with Crippen molar-refractivity contribution in [1.82, 2.24) is 9.13 Å². The Labute approximate surface area is 115 Å². The van der Waals surface area contributed by atoms with Crippen molar-refractivity contribution in [2.24, 2.45) is 20.0 Å². The van der Waals surface area contributed by atoms with Gasteiger partial charge in [-0.05, 0) is 30.0 Å². The molecule has 0 N–H and O–H groups in total. The zero-order valence-electron chi connectivity index (χ0n) is 10.7. The molecule has 96 valence electrons. The van der Waals surface area contributed by atoms with Gasteiger partial charge in [-0.1, -0.05) is 34.8 Å². The molecule has 18 heavy (non-hydrogen) atoms. The fraction of sp³-hybridized carbons (Fsp3) is 0.500. The van der Waals surface area contributed by atoms with E-state index in [-0.39, 0.29) is 5.69 Å². The molecule has 0 bridgehead atoms. The molecule has 0 radical (unpaired) electrons. The van der Waals surface area contributed by atoms with Crippen LogP contribution in [0.4, 0.5) is 0 Å². The number of imidazole rings is 1. The third kappa shape index (κ3) is 1.92. The van der Waals surface area contributed by atoms with E-state index < -0.39 is 0 Å². The molecule has 1 saturated carbocycles. The Morgan fingerprint density at radius 3 is 2.61 bits per heavy atom. The van der Waals surface area contributed by atoms with Gasteiger partial charge in [0.1, 0.15) is 0 Å². The second kappa shape index (κ2) is 4.26. The van der Waals surface area contributed by atoms with E-state index in [4.69, 9.17) is 0 Å². The summed E-state index contributed by atoms with van der Waals surface area (Å²) in [6.45, 7) is 0. The topological polar surface area (TPSA) is 26.9 Å². The van der Waals surface area contributed by atoms with Crippen molar-refractivity contribution in [3.63, 3.8) is 0 Å². The van der Waals surface area contributed by atoms with Gasteiger partial charge in [0.15, 0.2) is 0 Å². The minimum Gasteiger partial charge on any atom is -0.295 e. The molecule has 0 saturated heterocycles. The molecule has 4 heteroatoms. The molecule has 3 nitrogen and oxygen atoms in total. The first-order valence-corrected chi connectivity index (χ1v) is 7.29. The summed E-state index contributed by atoms with van der Waals surface area (Å²) in [6, 6.07) is 6.31. The average Bonchev–Trinajstić information content (AvgIpc) is 3.15. The monoisotopic (exact) mass is 308 g/mol. The van der Waals surface area contributed by atoms with E-state index >= 15 is 0 Å². The highest BCUT2D eigenvalue weighted by Crippen LogP contribution is 2.41. The van der Waals surface area contributed by atoms with Crippen LogP contribution >= 0.6 is 15.9 Å². The van der Waals surface area contributed by atoms with Crippen LogP contribution in [0.25, 0.3) is 11.0 Å². The van der Waals surface area contributed by atoms with E-state index in [9.17, 15) is 4.79 Å². The lowest BCUT2D eigenvalue weighted by molar-refractivity contribution is 0.721. The second-order valence-corrected chi connectivity index (χ2v) is 6.40. The Hall–Kier alpha value is -1.03. The number of halogens is 1. The van der Waals surface area contributed by atoms with Gasteiger partial charge >= 0.3 is 5.69 Å². The van der Waals surface area contributed by atoms with Crippen molar-refractivity contribution in [1.29, 1.82) is 0 Å². The molecule has 0 aliphatic heterocycles. The predicted molar refractivity (Wildman–Crippen MR) is 77.2 cm³/mol. The first kappa shape index (κ1) is 12.0. The normalized spacial score (nSPS) is 17.3. The van der Waals surface area contributed by atoms with Gasteiger partial charge in [-0.25, -0.2) is 4.79 Å². The van der Waals surface area contributed by atoms with E-state index in [0.717, 1.165) is 17.0 Å². The lowest BCUT2D eigenvalue weighted by atomic mass is 10.1. The van der Waals surface area contributed by atoms with Crippen LogP contribution in [-0.4, -0.2) is 9.13 Å². The third-order valence-corrected chi connectivity index (χ3v) is 4.80. The minimum atomic E-state index is 0.0375. The molecular weight excluding hydrogens is 292 g/mol. The molecule has 1 aliphatic rings. The van der Waals surface area contributed by atoms with Gasteiger partial charge in [0.2, 0.25) is 0 Å². The Kier molecular flexibility index (Phi) is 2.85. The van der Waals surface area contributed by atoms with Gasteiger partial charge < -0.3 is 0 Å². The summed E-state index contributed by atoms with van der Waals surface area (Å²) in [5.41, 5.74) is 3.32. The number of alkyl halides is 1. The summed E-state index contributed by atoms with van der Waals surface area (Å²) >= 11 is 3.77. The third-order valence-electron chi connectivity index (χ3n) is 3.89. The molecular formula is C14H17BrN2O. The van der Waals surface area contributed by atoms with E-state index in [1.54, 1.807) is 9.13 Å². The summed E-state index contributed by atoms with van der Waals surface area (Å²) < 4.78 is 3.42. The molecule has 1 aliphatic carbocycles. The molecule has 1 atom stereocenters. The summed E-state index contributed by atoms with van der Waals surface area (Å²) in [5, 5.41) is 0. The number of aromatic nitrogens is 2. The number of rotatable bonds is 3. The van der Waals surface area contributed by atoms with Crippen molar-refractivity contribution in [2.45, 2.75) is 24.1 Å². The standard InChI is InChI=1S/C14H17BrN2O/c1-16-12-6-5-10(11(15)7-9-3-4-9)8-13(12)17(2)14(16)18/h5-6,8-9,11H,3-4,7H2,1-2H3. The predicted octanol–water partition coefficient (Wildman–Crippen LogP) is 3.11. The first-order valence-electron chi connectivity index (χ1n) is 6.37. The van der Waals surface area contributed by atoms with Crippen LogP contribution in [-0.2, 0) is 14.1 Å². The van der Waals surface area contributed by atoms with Crippen molar-refractivity contribution in [2.75, 3.05) is 0 Å². The lowest BCUT2D eigenvalue weighted by Crippen LogP contribution is -2.19. The molecule has 1 fully saturated rings. The van der Waals surface area contributed by atoms with E-state index in [0.29, 0.717) is 4.83 Å². The van der Waals surface area contributed by atoms with Gasteiger partial charge in [0.05, 0.1) is 11.0 Å². The molecule has 3 rings (SSSR count). The summed E-state index contributed by atoms with van der Waals surface area (Å²) in [7, 11) is 3.65. The first-order chi connectivity index (χ1) is 8.58. The van der Waals surface area contributed by atoms with Crippen molar-refractivity contribution in [3.05, 3.63) is 34.2 Å². The minimum absolute atomic E-state index is 0.0375. The quantitative estimate of drug-likeness (QED) is 0.800. The van der Waals surface area contributed by atoms with Crippen LogP contribution in [0.1, 0.15) is 29.7 Å². The van der Waals surface area contributed by atoms with E-state index in [2.05, 4.69) is 28.1 Å². The summed E-state index contributed by atoms with van der Waals surface area (Å²) in [5.74, 6) is 0.893. The van der Waals surface area contributed by atoms with Gasteiger partial charge in [-0.2, -0.15) is 0 Å². The van der Waals surface area contributed by atoms with Crippen LogP contribution in [0.2, 0.25) is 0 Å². The Morgan fingerprint density at radius 1 is 1.28 bits per heavy atom. The molecule has 1 unspecified atom stereocenters. The maximum Gasteiger partial charge on any atom is 0.328 e. The maximum absolute atomic E-state index is 11.9. The van der Waals surface area contributed by atoms with E-state index in [1.807, 2.05) is 20.2 Å². The molecule has 0 spiro atoms. The van der Waals surface area contributed by atoms with Crippen molar-refractivity contribution in [3.8, 4) is 0 Å². The largest absolute Gasteiger partial charge is 0.328 e. The van der Waals surface area contributed by atoms with Gasteiger partial charge in [0.25, 0.3) is 0 Å². The number of benzene rings is 1. The summed E-state index contributed by atoms with van der Waals surface area (Å²) in [6.07, 6.45) is 3.94. The van der Waals surface area contributed by atoms with Gasteiger partial charge in [-0.15, -0.1) is 0 Å². The molecule has 1 aromatic carbocycles. The van der Waals surface area contributed by atoms with Gasteiger partial charge in [0, 0.05) is 18.9 Å². The SMILES string of the molecule is Cn1c(=O)n(C)c2cc(C(Br)CC3CC3)ccc21. The molecule has 0 amide bonds. The highest BCUT2D eigenvalue weighted by atomic mass is 79.9. The van der Waals surface area contributed by atoms with E-state index in [1.165, 1.54) is 24.8 Å². The highest BCUT2D eigenvalue weighted by Gasteiger charge is 2.25. The zero-order valence-corrected chi connectivity index (χ0v) is 12.3. The fourth-order valence-corrected chi connectivity index (χ4v) is 3.31. The zero-order chi connectivity index (χ0) is 12.9. The Balaban J connectivity index is 2.04. The molecule has 2 aromatic rings. The Morgan fingerprint density at radius 2 is 1.94 bits per heavy atom. The molecule has 1 heterocycles. The van der Waals surface area contributed by atoms with Crippen molar-refractivity contribution >= 4 is 27.0 Å². The average molecular weight is 309 g/mol.